The predicted molar refractivity (Wildman–Crippen MR) is 187 cm³/mol. The predicted octanol–water partition coefficient (Wildman–Crippen LogP) is 4.76. The van der Waals surface area contributed by atoms with E-state index < -0.39 is 0 Å². The van der Waals surface area contributed by atoms with E-state index in [-0.39, 0.29) is 17.2 Å². The van der Waals surface area contributed by atoms with Gasteiger partial charge in [0, 0.05) is 62.1 Å². The van der Waals surface area contributed by atoms with Gasteiger partial charge in [0.1, 0.15) is 16.3 Å². The number of amides is 2. The Bertz CT molecular complexity index is 1920. The molecule has 5 aromatic rings. The number of imidazole rings is 1. The number of nitrogens with two attached hydrogens (primary N) is 1. The number of pyridine rings is 1. The summed E-state index contributed by atoms with van der Waals surface area (Å²) in [5, 5.41) is 9.03. The minimum absolute atomic E-state index is 0.113. The molecule has 0 unspecified atom stereocenters. The zero-order valence-corrected chi connectivity index (χ0v) is 27.7. The molecule has 2 saturated heterocycles. The van der Waals surface area contributed by atoms with Crippen molar-refractivity contribution in [2.45, 2.75) is 25.2 Å². The lowest BCUT2D eigenvalue weighted by Crippen LogP contribution is -2.41. The molecule has 4 N–H and O–H groups in total. The van der Waals surface area contributed by atoms with E-state index in [0.29, 0.717) is 47.9 Å². The second kappa shape index (κ2) is 13.9. The second-order valence-electron chi connectivity index (χ2n) is 12.3. The highest BCUT2D eigenvalue weighted by molar-refractivity contribution is 7.10. The first-order valence-corrected chi connectivity index (χ1v) is 17.2. The van der Waals surface area contributed by atoms with Gasteiger partial charge in [-0.2, -0.15) is 0 Å². The molecule has 5 heterocycles. The van der Waals surface area contributed by atoms with Crippen LogP contribution in [0.5, 0.6) is 0 Å². The van der Waals surface area contributed by atoms with Crippen molar-refractivity contribution < 1.29 is 19.1 Å². The van der Waals surface area contributed by atoms with Crippen molar-refractivity contribution in [3.63, 3.8) is 0 Å². The third-order valence-electron chi connectivity index (χ3n) is 9.29. The first-order chi connectivity index (χ1) is 23.4. The van der Waals surface area contributed by atoms with Crippen LogP contribution in [0.2, 0.25) is 0 Å². The van der Waals surface area contributed by atoms with E-state index in [4.69, 9.17) is 25.2 Å². The van der Waals surface area contributed by atoms with Crippen molar-refractivity contribution in [3.05, 3.63) is 99.6 Å². The number of nitrogen functional groups attached to an aromatic ring is 1. The summed E-state index contributed by atoms with van der Waals surface area (Å²) in [5.41, 5.74) is 12.3. The standard InChI is InChI=1S/C36H39N7O4S/c1-24-32(43-14-10-26(22-31(43)39-24)33(44)38-13-15-42-16-20-47-21-17-42)30-23-48-35(41-30)36(11-18-46-19-12-36)27-8-6-25(7-9-27)34(45)40-29-5-3-2-4-28(29)37/h2-10,14,22-23H,11-13,15-21,37H2,1H3,(H,38,44)(H,40,45). The summed E-state index contributed by atoms with van der Waals surface area (Å²) in [5.74, 6) is -0.327. The van der Waals surface area contributed by atoms with Crippen LogP contribution in [0.15, 0.2) is 72.2 Å². The monoisotopic (exact) mass is 665 g/mol. The molecule has 2 aliphatic rings. The molecule has 2 amide bonds. The third-order valence-corrected chi connectivity index (χ3v) is 10.3. The van der Waals surface area contributed by atoms with E-state index in [0.717, 1.165) is 73.3 Å². The molecule has 248 valence electrons. The molecular formula is C36H39N7O4S. The van der Waals surface area contributed by atoms with Crippen molar-refractivity contribution in [1.82, 2.24) is 24.6 Å². The molecule has 0 aliphatic carbocycles. The van der Waals surface area contributed by atoms with Gasteiger partial charge in [-0.25, -0.2) is 9.97 Å². The number of aromatic nitrogens is 3. The number of anilines is 2. The topological polar surface area (TPSA) is 136 Å². The maximum Gasteiger partial charge on any atom is 0.255 e. The van der Waals surface area contributed by atoms with Gasteiger partial charge in [0.15, 0.2) is 0 Å². The molecule has 11 nitrogen and oxygen atoms in total. The number of nitrogens with one attached hydrogen (secondary N) is 2. The molecular weight excluding hydrogens is 627 g/mol. The molecule has 0 radical (unpaired) electrons. The molecule has 3 aromatic heterocycles. The van der Waals surface area contributed by atoms with Crippen molar-refractivity contribution in [2.24, 2.45) is 0 Å². The van der Waals surface area contributed by atoms with E-state index in [1.54, 1.807) is 23.5 Å². The highest BCUT2D eigenvalue weighted by atomic mass is 32.1. The molecule has 2 fully saturated rings. The van der Waals surface area contributed by atoms with Crippen molar-refractivity contribution in [3.8, 4) is 11.4 Å². The molecule has 0 atom stereocenters. The SMILES string of the molecule is Cc1nc2cc(C(=O)NCCN3CCOCC3)ccn2c1-c1csc(C2(c3ccc(C(=O)Nc4ccccc4N)cc3)CCOCC2)n1. The minimum atomic E-state index is -0.346. The number of fused-ring (bicyclic) bond motifs is 1. The number of benzene rings is 2. The lowest BCUT2D eigenvalue weighted by molar-refractivity contribution is 0.0383. The Balaban J connectivity index is 1.10. The Morgan fingerprint density at radius 3 is 2.46 bits per heavy atom. The number of thiazole rings is 1. The minimum Gasteiger partial charge on any atom is -0.397 e. The highest BCUT2D eigenvalue weighted by Gasteiger charge is 2.39. The first-order valence-electron chi connectivity index (χ1n) is 16.3. The summed E-state index contributed by atoms with van der Waals surface area (Å²) in [4.78, 5) is 38.3. The maximum absolute atomic E-state index is 13.0. The summed E-state index contributed by atoms with van der Waals surface area (Å²) >= 11 is 1.63. The van der Waals surface area contributed by atoms with E-state index in [1.807, 2.05) is 66.1 Å². The highest BCUT2D eigenvalue weighted by Crippen LogP contribution is 2.44. The molecule has 7 rings (SSSR count). The average Bonchev–Trinajstić information content (AvgIpc) is 3.74. The summed E-state index contributed by atoms with van der Waals surface area (Å²) in [6.07, 6.45) is 3.46. The van der Waals surface area contributed by atoms with Gasteiger partial charge >= 0.3 is 0 Å². The third kappa shape index (κ3) is 6.44. The van der Waals surface area contributed by atoms with E-state index in [9.17, 15) is 9.59 Å². The summed E-state index contributed by atoms with van der Waals surface area (Å²) in [6.45, 7) is 7.85. The number of hydrogen-bond donors (Lipinski definition) is 3. The van der Waals surface area contributed by atoms with Crippen LogP contribution in [0.1, 0.15) is 49.8 Å². The Labute approximate surface area is 283 Å². The number of rotatable bonds is 9. The van der Waals surface area contributed by atoms with Crippen LogP contribution in [-0.4, -0.2) is 83.7 Å². The molecule has 0 saturated carbocycles. The van der Waals surface area contributed by atoms with Crippen LogP contribution in [0.25, 0.3) is 17.0 Å². The maximum atomic E-state index is 13.0. The Kier molecular flexibility index (Phi) is 9.22. The Morgan fingerprint density at radius 1 is 0.938 bits per heavy atom. The summed E-state index contributed by atoms with van der Waals surface area (Å²) < 4.78 is 13.2. The largest absolute Gasteiger partial charge is 0.397 e. The van der Waals surface area contributed by atoms with Crippen LogP contribution in [0, 0.1) is 6.92 Å². The number of nitrogens with zero attached hydrogens (tertiary/aromatic N) is 4. The normalized spacial score (nSPS) is 16.5. The molecule has 48 heavy (non-hydrogen) atoms. The number of aryl methyl sites for hydroxylation is 1. The van der Waals surface area contributed by atoms with Gasteiger partial charge in [0.05, 0.1) is 41.4 Å². The fraction of sp³-hybridized carbons (Fsp3) is 0.333. The van der Waals surface area contributed by atoms with Crippen LogP contribution in [0.4, 0.5) is 11.4 Å². The molecule has 0 bridgehead atoms. The van der Waals surface area contributed by atoms with E-state index >= 15 is 0 Å². The van der Waals surface area contributed by atoms with Gasteiger partial charge in [0.25, 0.3) is 11.8 Å². The zero-order valence-electron chi connectivity index (χ0n) is 26.9. The number of carbonyl (C=O) groups excluding carboxylic acids is 2. The summed E-state index contributed by atoms with van der Waals surface area (Å²) in [6, 6.07) is 18.7. The van der Waals surface area contributed by atoms with E-state index in [2.05, 4.69) is 20.9 Å². The van der Waals surface area contributed by atoms with Crippen LogP contribution in [0.3, 0.4) is 0 Å². The van der Waals surface area contributed by atoms with Gasteiger partial charge in [-0.1, -0.05) is 24.3 Å². The molecule has 12 heteroatoms. The van der Waals surface area contributed by atoms with Crippen LogP contribution >= 0.6 is 11.3 Å². The quantitative estimate of drug-likeness (QED) is 0.192. The van der Waals surface area contributed by atoms with Gasteiger partial charge in [0.2, 0.25) is 0 Å². The fourth-order valence-electron chi connectivity index (χ4n) is 6.56. The lowest BCUT2D eigenvalue weighted by Gasteiger charge is -2.36. The number of hydrogen-bond acceptors (Lipinski definition) is 9. The first kappa shape index (κ1) is 32.0. The average molecular weight is 666 g/mol. The van der Waals surface area contributed by atoms with Gasteiger partial charge in [-0.3, -0.25) is 18.9 Å². The number of ether oxygens (including phenoxy) is 2. The Morgan fingerprint density at radius 2 is 1.69 bits per heavy atom. The summed E-state index contributed by atoms with van der Waals surface area (Å²) in [7, 11) is 0. The number of morpholine rings is 1. The fourth-order valence-corrected chi connectivity index (χ4v) is 7.65. The van der Waals surface area contributed by atoms with Crippen LogP contribution in [-0.2, 0) is 14.9 Å². The second-order valence-corrected chi connectivity index (χ2v) is 13.1. The number of para-hydroxylation sites is 2. The lowest BCUT2D eigenvalue weighted by atomic mass is 9.74. The van der Waals surface area contributed by atoms with Crippen molar-refractivity contribution in [2.75, 3.05) is 63.7 Å². The van der Waals surface area contributed by atoms with Gasteiger partial charge < -0.3 is 25.8 Å². The van der Waals surface area contributed by atoms with Gasteiger partial charge in [-0.05, 0) is 61.7 Å². The van der Waals surface area contributed by atoms with Crippen LogP contribution < -0.4 is 16.4 Å². The van der Waals surface area contributed by atoms with Crippen molar-refractivity contribution >= 4 is 40.2 Å². The van der Waals surface area contributed by atoms with Gasteiger partial charge in [-0.15, -0.1) is 11.3 Å². The van der Waals surface area contributed by atoms with E-state index in [1.165, 1.54) is 0 Å². The molecule has 0 spiro atoms. The molecule has 2 aliphatic heterocycles. The smallest absolute Gasteiger partial charge is 0.255 e. The number of carbonyl (C=O) groups is 2. The zero-order chi connectivity index (χ0) is 33.1. The molecule has 2 aromatic carbocycles. The van der Waals surface area contributed by atoms with Crippen molar-refractivity contribution in [1.29, 1.82) is 0 Å². The Hall–Kier alpha value is -4.62.